The molecule has 4 nitrogen and oxygen atoms in total. The van der Waals surface area contributed by atoms with Crippen LogP contribution in [0.2, 0.25) is 0 Å². The summed E-state index contributed by atoms with van der Waals surface area (Å²) in [6.45, 7) is 0.527. The molecule has 0 bridgehead atoms. The molecule has 5 heteroatoms. The van der Waals surface area contributed by atoms with Crippen molar-refractivity contribution in [2.24, 2.45) is 0 Å². The normalized spacial score (nSPS) is 14.6. The van der Waals surface area contributed by atoms with Crippen LogP contribution in [0.25, 0.3) is 11.3 Å². The van der Waals surface area contributed by atoms with Crippen LogP contribution in [0.3, 0.4) is 0 Å². The van der Waals surface area contributed by atoms with Gasteiger partial charge in [0.15, 0.2) is 0 Å². The molecule has 1 fully saturated rings. The Labute approximate surface area is 165 Å². The van der Waals surface area contributed by atoms with Crippen molar-refractivity contribution < 1.29 is 4.39 Å². The van der Waals surface area contributed by atoms with Gasteiger partial charge in [0.2, 0.25) is 0 Å². The van der Waals surface area contributed by atoms with E-state index in [9.17, 15) is 4.39 Å². The maximum atomic E-state index is 13.3. The fourth-order valence-electron chi connectivity index (χ4n) is 3.66. The number of nitrogens with zero attached hydrogens (tertiary/aromatic N) is 2. The first-order valence-corrected chi connectivity index (χ1v) is 9.95. The summed E-state index contributed by atoms with van der Waals surface area (Å²) >= 11 is 0. The van der Waals surface area contributed by atoms with Gasteiger partial charge in [-0.05, 0) is 54.8 Å². The van der Waals surface area contributed by atoms with E-state index in [1.807, 2.05) is 36.5 Å². The summed E-state index contributed by atoms with van der Waals surface area (Å²) in [5.74, 6) is 1.44. The van der Waals surface area contributed by atoms with E-state index >= 15 is 0 Å². The first-order chi connectivity index (χ1) is 13.8. The Morgan fingerprint density at radius 3 is 2.64 bits per heavy atom. The molecule has 28 heavy (non-hydrogen) atoms. The Bertz CT molecular complexity index is 922. The van der Waals surface area contributed by atoms with Crippen molar-refractivity contribution in [2.45, 2.75) is 44.7 Å². The van der Waals surface area contributed by atoms with E-state index in [1.165, 1.54) is 44.2 Å². The number of pyridine rings is 2. The van der Waals surface area contributed by atoms with Crippen LogP contribution in [-0.4, -0.2) is 16.0 Å². The molecule has 2 aromatic heterocycles. The Morgan fingerprint density at radius 2 is 1.79 bits per heavy atom. The lowest BCUT2D eigenvalue weighted by molar-refractivity contribution is 0.462. The summed E-state index contributed by atoms with van der Waals surface area (Å²) in [7, 11) is 0. The number of hydrogen-bond donors (Lipinski definition) is 2. The van der Waals surface area contributed by atoms with Gasteiger partial charge in [-0.3, -0.25) is 0 Å². The van der Waals surface area contributed by atoms with E-state index in [0.717, 1.165) is 28.5 Å². The zero-order valence-corrected chi connectivity index (χ0v) is 15.9. The standard InChI is InChI=1S/C23H25FN4/c24-19-7-4-6-17(14-19)16-26-22-11-5-10-21(28-22)18-12-13-25-23(15-18)27-20-8-2-1-3-9-20/h4-7,10-15,20H,1-3,8-9,16H2,(H,25,27)(H,26,28). The van der Waals surface area contributed by atoms with Crippen molar-refractivity contribution in [3.05, 3.63) is 72.2 Å². The number of benzene rings is 1. The number of aromatic nitrogens is 2. The van der Waals surface area contributed by atoms with Gasteiger partial charge in [-0.1, -0.05) is 37.5 Å². The number of nitrogens with one attached hydrogen (secondary N) is 2. The van der Waals surface area contributed by atoms with Crippen molar-refractivity contribution in [1.29, 1.82) is 0 Å². The minimum absolute atomic E-state index is 0.226. The molecule has 1 saturated carbocycles. The monoisotopic (exact) mass is 376 g/mol. The molecule has 2 N–H and O–H groups in total. The van der Waals surface area contributed by atoms with E-state index in [0.29, 0.717) is 12.6 Å². The van der Waals surface area contributed by atoms with Crippen LogP contribution in [-0.2, 0) is 6.54 Å². The minimum atomic E-state index is -0.226. The molecule has 1 aromatic carbocycles. The third-order valence-electron chi connectivity index (χ3n) is 5.12. The predicted molar refractivity (Wildman–Crippen MR) is 112 cm³/mol. The summed E-state index contributed by atoms with van der Waals surface area (Å²) in [6, 6.07) is 17.0. The van der Waals surface area contributed by atoms with E-state index in [4.69, 9.17) is 4.98 Å². The van der Waals surface area contributed by atoms with E-state index in [-0.39, 0.29) is 5.82 Å². The highest BCUT2D eigenvalue weighted by Crippen LogP contribution is 2.24. The molecule has 0 amide bonds. The Morgan fingerprint density at radius 1 is 0.929 bits per heavy atom. The third kappa shape index (κ3) is 4.85. The van der Waals surface area contributed by atoms with Gasteiger partial charge in [0.25, 0.3) is 0 Å². The lowest BCUT2D eigenvalue weighted by Crippen LogP contribution is -2.22. The smallest absolute Gasteiger partial charge is 0.126 e. The van der Waals surface area contributed by atoms with E-state index in [2.05, 4.69) is 21.7 Å². The van der Waals surface area contributed by atoms with Gasteiger partial charge in [0, 0.05) is 24.3 Å². The highest BCUT2D eigenvalue weighted by molar-refractivity contribution is 5.64. The van der Waals surface area contributed by atoms with Crippen molar-refractivity contribution in [3.8, 4) is 11.3 Å². The second-order valence-electron chi connectivity index (χ2n) is 7.30. The number of anilines is 2. The molecule has 3 aromatic rings. The van der Waals surface area contributed by atoms with Gasteiger partial charge in [-0.15, -0.1) is 0 Å². The maximum absolute atomic E-state index is 13.3. The van der Waals surface area contributed by atoms with Crippen LogP contribution in [0, 0.1) is 5.82 Å². The lowest BCUT2D eigenvalue weighted by Gasteiger charge is -2.23. The van der Waals surface area contributed by atoms with Crippen LogP contribution >= 0.6 is 0 Å². The van der Waals surface area contributed by atoms with Crippen molar-refractivity contribution in [3.63, 3.8) is 0 Å². The van der Waals surface area contributed by atoms with Crippen LogP contribution in [0.15, 0.2) is 60.8 Å². The molecule has 0 atom stereocenters. The fraction of sp³-hybridized carbons (Fsp3) is 0.304. The molecule has 0 aliphatic heterocycles. The Hall–Kier alpha value is -2.95. The molecule has 0 unspecified atom stereocenters. The number of rotatable bonds is 6. The second kappa shape index (κ2) is 8.83. The van der Waals surface area contributed by atoms with Crippen molar-refractivity contribution in [1.82, 2.24) is 9.97 Å². The molecule has 0 radical (unpaired) electrons. The quantitative estimate of drug-likeness (QED) is 0.584. The maximum Gasteiger partial charge on any atom is 0.126 e. The van der Waals surface area contributed by atoms with Crippen molar-refractivity contribution >= 4 is 11.6 Å². The SMILES string of the molecule is Fc1cccc(CNc2cccc(-c3ccnc(NC4CCCCC4)c3)n2)c1. The molecule has 1 aliphatic carbocycles. The van der Waals surface area contributed by atoms with Gasteiger partial charge in [0.05, 0.1) is 5.69 Å². The van der Waals surface area contributed by atoms with Crippen LogP contribution in [0.4, 0.5) is 16.0 Å². The Balaban J connectivity index is 1.45. The first-order valence-electron chi connectivity index (χ1n) is 9.95. The summed E-state index contributed by atoms with van der Waals surface area (Å²) in [4.78, 5) is 9.18. The van der Waals surface area contributed by atoms with E-state index in [1.54, 1.807) is 6.07 Å². The van der Waals surface area contributed by atoms with Gasteiger partial charge in [-0.2, -0.15) is 0 Å². The summed E-state index contributed by atoms with van der Waals surface area (Å²) in [5.41, 5.74) is 2.80. The average Bonchev–Trinajstić information content (AvgIpc) is 2.74. The molecule has 4 rings (SSSR count). The molecule has 1 aliphatic rings. The number of hydrogen-bond acceptors (Lipinski definition) is 4. The molecule has 0 saturated heterocycles. The summed E-state index contributed by atoms with van der Waals surface area (Å²) < 4.78 is 13.3. The largest absolute Gasteiger partial charge is 0.367 e. The predicted octanol–water partition coefficient (Wildman–Crippen LogP) is 5.64. The van der Waals surface area contributed by atoms with Crippen LogP contribution in [0.5, 0.6) is 0 Å². The zero-order chi connectivity index (χ0) is 19.2. The van der Waals surface area contributed by atoms with Gasteiger partial charge in [-0.25, -0.2) is 14.4 Å². The van der Waals surface area contributed by atoms with Crippen LogP contribution < -0.4 is 10.6 Å². The topological polar surface area (TPSA) is 49.8 Å². The van der Waals surface area contributed by atoms with Gasteiger partial charge >= 0.3 is 0 Å². The average molecular weight is 376 g/mol. The summed E-state index contributed by atoms with van der Waals surface area (Å²) in [5, 5.41) is 6.84. The molecule has 144 valence electrons. The highest BCUT2D eigenvalue weighted by Gasteiger charge is 2.13. The molecular weight excluding hydrogens is 351 g/mol. The molecule has 2 heterocycles. The number of halogens is 1. The third-order valence-corrected chi connectivity index (χ3v) is 5.12. The fourth-order valence-corrected chi connectivity index (χ4v) is 3.66. The Kier molecular flexibility index (Phi) is 5.80. The van der Waals surface area contributed by atoms with E-state index < -0.39 is 0 Å². The van der Waals surface area contributed by atoms with Gasteiger partial charge < -0.3 is 10.6 Å². The summed E-state index contributed by atoms with van der Waals surface area (Å²) in [6.07, 6.45) is 8.17. The minimum Gasteiger partial charge on any atom is -0.367 e. The zero-order valence-electron chi connectivity index (χ0n) is 15.9. The molecule has 0 spiro atoms. The van der Waals surface area contributed by atoms with Gasteiger partial charge in [0.1, 0.15) is 17.5 Å². The highest BCUT2D eigenvalue weighted by atomic mass is 19.1. The van der Waals surface area contributed by atoms with Crippen LogP contribution in [0.1, 0.15) is 37.7 Å². The second-order valence-corrected chi connectivity index (χ2v) is 7.30. The lowest BCUT2D eigenvalue weighted by atomic mass is 9.95. The first kappa shape index (κ1) is 18.4. The van der Waals surface area contributed by atoms with Crippen molar-refractivity contribution in [2.75, 3.05) is 10.6 Å². The molecular formula is C23H25FN4.